The lowest BCUT2D eigenvalue weighted by molar-refractivity contribution is -0.120. The van der Waals surface area contributed by atoms with E-state index in [1.165, 1.54) is 31.4 Å². The lowest BCUT2D eigenvalue weighted by Gasteiger charge is -2.16. The molecule has 0 bridgehead atoms. The molecule has 0 unspecified atom stereocenters. The predicted octanol–water partition coefficient (Wildman–Crippen LogP) is 4.99. The van der Waals surface area contributed by atoms with Gasteiger partial charge in [0.05, 0.1) is 18.4 Å². The molecule has 0 atom stereocenters. The maximum atomic E-state index is 13.4. The molecule has 0 radical (unpaired) electrons. The highest BCUT2D eigenvalue weighted by Crippen LogP contribution is 2.34. The first-order valence-corrected chi connectivity index (χ1v) is 9.83. The Balaban J connectivity index is 1.80. The van der Waals surface area contributed by atoms with Crippen molar-refractivity contribution in [3.05, 3.63) is 94.3 Å². The number of halogens is 2. The van der Waals surface area contributed by atoms with Crippen molar-refractivity contribution in [3.63, 3.8) is 0 Å². The second kappa shape index (κ2) is 8.12. The van der Waals surface area contributed by atoms with Gasteiger partial charge in [-0.05, 0) is 60.2 Å². The number of nitrogens with one attached hydrogen (secondary N) is 1. The summed E-state index contributed by atoms with van der Waals surface area (Å²) in [6.07, 6.45) is 0. The average Bonchev–Trinajstić information content (AvgIpc) is 2.98. The zero-order valence-electron chi connectivity index (χ0n) is 15.9. The highest BCUT2D eigenvalue weighted by molar-refractivity contribution is 9.10. The molecule has 2 amide bonds. The van der Waals surface area contributed by atoms with Crippen LogP contribution in [-0.2, 0) is 9.59 Å². The SMILES string of the molecule is COc1ccc(N2C(=O)C(Nc3cccc(Br)c3)=C(c3ccc(F)cc3)C2=O)cc1. The van der Waals surface area contributed by atoms with Crippen molar-refractivity contribution >= 4 is 44.7 Å². The van der Waals surface area contributed by atoms with Crippen molar-refractivity contribution in [1.82, 2.24) is 0 Å². The van der Waals surface area contributed by atoms with Gasteiger partial charge in [-0.15, -0.1) is 0 Å². The van der Waals surface area contributed by atoms with Crippen LogP contribution in [0.15, 0.2) is 83.0 Å². The Morgan fingerprint density at radius 1 is 0.933 bits per heavy atom. The molecule has 0 spiro atoms. The van der Waals surface area contributed by atoms with E-state index in [4.69, 9.17) is 4.74 Å². The number of rotatable bonds is 5. The Labute approximate surface area is 180 Å². The fourth-order valence-corrected chi connectivity index (χ4v) is 3.61. The van der Waals surface area contributed by atoms with Crippen LogP contribution in [-0.4, -0.2) is 18.9 Å². The van der Waals surface area contributed by atoms with Gasteiger partial charge in [0.1, 0.15) is 17.3 Å². The molecule has 4 rings (SSSR count). The number of imide groups is 1. The standard InChI is InChI=1S/C23H16BrFN2O3/c1-30-19-11-9-18(10-12-19)27-22(28)20(14-5-7-16(25)8-6-14)21(23(27)29)26-17-4-2-3-15(24)13-17/h2-13,26H,1H3. The minimum atomic E-state index is -0.496. The van der Waals surface area contributed by atoms with Gasteiger partial charge in [-0.25, -0.2) is 9.29 Å². The largest absolute Gasteiger partial charge is 0.497 e. The van der Waals surface area contributed by atoms with E-state index in [0.717, 1.165) is 9.37 Å². The third kappa shape index (κ3) is 3.71. The predicted molar refractivity (Wildman–Crippen MR) is 117 cm³/mol. The number of nitrogens with zero attached hydrogens (tertiary/aromatic N) is 1. The number of hydrogen-bond acceptors (Lipinski definition) is 4. The average molecular weight is 467 g/mol. The summed E-state index contributed by atoms with van der Waals surface area (Å²) in [5, 5.41) is 3.07. The minimum absolute atomic E-state index is 0.125. The summed E-state index contributed by atoms with van der Waals surface area (Å²) in [6.45, 7) is 0. The lowest BCUT2D eigenvalue weighted by atomic mass is 10.0. The maximum Gasteiger partial charge on any atom is 0.282 e. The second-order valence-corrected chi connectivity index (χ2v) is 7.45. The van der Waals surface area contributed by atoms with Gasteiger partial charge in [0, 0.05) is 10.2 Å². The number of amides is 2. The van der Waals surface area contributed by atoms with Crippen molar-refractivity contribution in [2.75, 3.05) is 17.3 Å². The van der Waals surface area contributed by atoms with E-state index < -0.39 is 17.6 Å². The van der Waals surface area contributed by atoms with Gasteiger partial charge in [0.15, 0.2) is 0 Å². The topological polar surface area (TPSA) is 58.6 Å². The zero-order chi connectivity index (χ0) is 21.3. The van der Waals surface area contributed by atoms with Gasteiger partial charge in [-0.3, -0.25) is 9.59 Å². The molecule has 0 saturated heterocycles. The van der Waals surface area contributed by atoms with Crippen molar-refractivity contribution in [2.45, 2.75) is 0 Å². The molecule has 3 aromatic rings. The molecular weight excluding hydrogens is 451 g/mol. The van der Waals surface area contributed by atoms with Crippen LogP contribution in [0.4, 0.5) is 15.8 Å². The number of carbonyl (C=O) groups excluding carboxylic acids is 2. The van der Waals surface area contributed by atoms with Crippen molar-refractivity contribution in [3.8, 4) is 5.75 Å². The molecule has 1 aliphatic rings. The summed E-state index contributed by atoms with van der Waals surface area (Å²) in [7, 11) is 1.54. The highest BCUT2D eigenvalue weighted by Gasteiger charge is 2.40. The van der Waals surface area contributed by atoms with E-state index in [0.29, 0.717) is 22.7 Å². The molecule has 0 aliphatic carbocycles. The molecule has 0 aromatic heterocycles. The van der Waals surface area contributed by atoms with Crippen molar-refractivity contribution in [1.29, 1.82) is 0 Å². The quantitative estimate of drug-likeness (QED) is 0.537. The monoisotopic (exact) mass is 466 g/mol. The van der Waals surface area contributed by atoms with Gasteiger partial charge in [-0.2, -0.15) is 0 Å². The van der Waals surface area contributed by atoms with E-state index in [1.807, 2.05) is 12.1 Å². The number of hydrogen-bond donors (Lipinski definition) is 1. The summed E-state index contributed by atoms with van der Waals surface area (Å²) < 4.78 is 19.4. The van der Waals surface area contributed by atoms with Gasteiger partial charge in [0.25, 0.3) is 11.8 Å². The maximum absolute atomic E-state index is 13.4. The highest BCUT2D eigenvalue weighted by atomic mass is 79.9. The van der Waals surface area contributed by atoms with Gasteiger partial charge in [0.2, 0.25) is 0 Å². The van der Waals surface area contributed by atoms with E-state index in [1.54, 1.807) is 36.4 Å². The molecular formula is C23H16BrFN2O3. The molecule has 30 heavy (non-hydrogen) atoms. The van der Waals surface area contributed by atoms with Crippen LogP contribution in [0.3, 0.4) is 0 Å². The first kappa shape index (κ1) is 19.8. The van der Waals surface area contributed by atoms with Crippen LogP contribution in [0.25, 0.3) is 5.57 Å². The fourth-order valence-electron chi connectivity index (χ4n) is 3.21. The van der Waals surface area contributed by atoms with Crippen LogP contribution in [0.1, 0.15) is 5.56 Å². The first-order valence-electron chi connectivity index (χ1n) is 9.03. The van der Waals surface area contributed by atoms with Crippen LogP contribution >= 0.6 is 15.9 Å². The molecule has 0 fully saturated rings. The number of ether oxygens (including phenoxy) is 1. The summed E-state index contributed by atoms with van der Waals surface area (Å²) in [6, 6.07) is 19.3. The summed E-state index contributed by atoms with van der Waals surface area (Å²) in [5.41, 5.74) is 1.80. The molecule has 3 aromatic carbocycles. The van der Waals surface area contributed by atoms with Crippen molar-refractivity contribution < 1.29 is 18.7 Å². The van der Waals surface area contributed by atoms with Gasteiger partial charge >= 0.3 is 0 Å². The summed E-state index contributed by atoms with van der Waals surface area (Å²) in [5.74, 6) is -0.805. The molecule has 1 aliphatic heterocycles. The first-order chi connectivity index (χ1) is 14.5. The summed E-state index contributed by atoms with van der Waals surface area (Å²) in [4.78, 5) is 27.7. The third-order valence-corrected chi connectivity index (χ3v) is 5.13. The third-order valence-electron chi connectivity index (χ3n) is 4.64. The van der Waals surface area contributed by atoms with Crippen molar-refractivity contribution in [2.24, 2.45) is 0 Å². The molecule has 1 heterocycles. The second-order valence-electron chi connectivity index (χ2n) is 6.54. The normalized spacial score (nSPS) is 13.8. The van der Waals surface area contributed by atoms with Gasteiger partial charge in [-0.1, -0.05) is 34.1 Å². The van der Waals surface area contributed by atoms with Crippen LogP contribution < -0.4 is 15.0 Å². The smallest absolute Gasteiger partial charge is 0.282 e. The van der Waals surface area contributed by atoms with Gasteiger partial charge < -0.3 is 10.1 Å². The Morgan fingerprint density at radius 3 is 2.27 bits per heavy atom. The molecule has 150 valence electrons. The molecule has 5 nitrogen and oxygen atoms in total. The molecule has 0 saturated carbocycles. The van der Waals surface area contributed by atoms with E-state index in [9.17, 15) is 14.0 Å². The van der Waals surface area contributed by atoms with Crippen LogP contribution in [0, 0.1) is 5.82 Å². The molecule has 7 heteroatoms. The minimum Gasteiger partial charge on any atom is -0.497 e. The Hall–Kier alpha value is -3.45. The Kier molecular flexibility index (Phi) is 5.37. The zero-order valence-corrected chi connectivity index (χ0v) is 17.4. The van der Waals surface area contributed by atoms with E-state index >= 15 is 0 Å². The Morgan fingerprint density at radius 2 is 1.63 bits per heavy atom. The van der Waals surface area contributed by atoms with Crippen LogP contribution in [0.5, 0.6) is 5.75 Å². The lowest BCUT2D eigenvalue weighted by Crippen LogP contribution is -2.32. The summed E-state index contributed by atoms with van der Waals surface area (Å²) >= 11 is 3.40. The fraction of sp³-hybridized carbons (Fsp3) is 0.0435. The number of methoxy groups -OCH3 is 1. The van der Waals surface area contributed by atoms with Crippen LogP contribution in [0.2, 0.25) is 0 Å². The number of carbonyl (C=O) groups is 2. The Bertz CT molecular complexity index is 1160. The number of anilines is 2. The van der Waals surface area contributed by atoms with E-state index in [2.05, 4.69) is 21.2 Å². The van der Waals surface area contributed by atoms with E-state index in [-0.39, 0.29) is 11.3 Å². The number of benzene rings is 3. The molecule has 1 N–H and O–H groups in total.